The van der Waals surface area contributed by atoms with Crippen LogP contribution < -0.4 is 10.6 Å². The van der Waals surface area contributed by atoms with Crippen molar-refractivity contribution in [3.63, 3.8) is 0 Å². The summed E-state index contributed by atoms with van der Waals surface area (Å²) in [6.07, 6.45) is 0.830. The molecule has 0 aliphatic heterocycles. The van der Waals surface area contributed by atoms with Gasteiger partial charge in [0.05, 0.1) is 11.2 Å². The molecule has 0 fully saturated rings. The maximum Gasteiger partial charge on any atom is 0.191 e. The Balaban J connectivity index is 0.00000243. The van der Waals surface area contributed by atoms with Gasteiger partial charge in [-0.05, 0) is 26.0 Å². The van der Waals surface area contributed by atoms with Crippen molar-refractivity contribution in [2.45, 2.75) is 26.8 Å². The number of fused-ring (bicyclic) bond motifs is 1. The fraction of sp³-hybridized carbons (Fsp3) is 0.316. The first-order valence-corrected chi connectivity index (χ1v) is 8.38. The Kier molecular flexibility index (Phi) is 7.38. The first-order valence-electron chi connectivity index (χ1n) is 8.38. The molecule has 26 heavy (non-hydrogen) atoms. The van der Waals surface area contributed by atoms with Gasteiger partial charge in [-0.1, -0.05) is 29.4 Å². The number of aromatic nitrogens is 2. The molecule has 0 radical (unpaired) electrons. The molecule has 3 rings (SSSR count). The van der Waals surface area contributed by atoms with Crippen LogP contribution in [0.25, 0.3) is 10.9 Å². The Labute approximate surface area is 170 Å². The van der Waals surface area contributed by atoms with Crippen LogP contribution in [0.4, 0.5) is 0 Å². The maximum atomic E-state index is 5.18. The van der Waals surface area contributed by atoms with Gasteiger partial charge in [0.1, 0.15) is 5.76 Å². The van der Waals surface area contributed by atoms with Gasteiger partial charge in [-0.15, -0.1) is 24.0 Å². The lowest BCUT2D eigenvalue weighted by molar-refractivity contribution is 0.392. The van der Waals surface area contributed by atoms with E-state index in [2.05, 4.69) is 44.0 Å². The van der Waals surface area contributed by atoms with E-state index in [1.807, 2.05) is 32.0 Å². The quantitative estimate of drug-likeness (QED) is 0.344. The molecule has 6 nitrogen and oxygen atoms in total. The molecule has 2 heterocycles. The molecule has 0 aliphatic rings. The molecule has 1 aromatic carbocycles. The summed E-state index contributed by atoms with van der Waals surface area (Å²) in [5, 5.41) is 11.7. The van der Waals surface area contributed by atoms with Crippen molar-refractivity contribution >= 4 is 40.8 Å². The number of nitrogens with zero attached hydrogens (tertiary/aromatic N) is 3. The first-order chi connectivity index (χ1) is 12.2. The van der Waals surface area contributed by atoms with Crippen molar-refractivity contribution in [2.24, 2.45) is 4.99 Å². The van der Waals surface area contributed by atoms with Gasteiger partial charge in [-0.25, -0.2) is 0 Å². The fourth-order valence-electron chi connectivity index (χ4n) is 2.70. The van der Waals surface area contributed by atoms with E-state index in [9.17, 15) is 0 Å². The molecule has 3 aromatic rings. The van der Waals surface area contributed by atoms with Crippen molar-refractivity contribution in [3.05, 3.63) is 59.1 Å². The molecule has 0 saturated carbocycles. The standard InChI is InChI=1S/C19H23N5O.HI/c1-13-17(14(2)25-24-13)12-22-19(20-3)21-11-10-16-9-8-15-6-4-5-7-18(15)23-16;/h4-9H,10-12H2,1-3H3,(H2,20,21,22);1H. The van der Waals surface area contributed by atoms with Crippen molar-refractivity contribution in [1.82, 2.24) is 20.8 Å². The van der Waals surface area contributed by atoms with E-state index in [4.69, 9.17) is 4.52 Å². The Morgan fingerprint density at radius 2 is 1.92 bits per heavy atom. The van der Waals surface area contributed by atoms with Crippen LogP contribution in [0, 0.1) is 13.8 Å². The van der Waals surface area contributed by atoms with E-state index in [0.717, 1.165) is 52.5 Å². The van der Waals surface area contributed by atoms with Crippen molar-refractivity contribution in [2.75, 3.05) is 13.6 Å². The Morgan fingerprint density at radius 3 is 2.65 bits per heavy atom. The summed E-state index contributed by atoms with van der Waals surface area (Å²) >= 11 is 0. The summed E-state index contributed by atoms with van der Waals surface area (Å²) in [6.45, 7) is 5.25. The highest BCUT2D eigenvalue weighted by molar-refractivity contribution is 14.0. The van der Waals surface area contributed by atoms with Crippen LogP contribution in [0.15, 0.2) is 45.9 Å². The average molecular weight is 465 g/mol. The summed E-state index contributed by atoms with van der Waals surface area (Å²) in [5.41, 5.74) is 4.06. The predicted molar refractivity (Wildman–Crippen MR) is 115 cm³/mol. The van der Waals surface area contributed by atoms with Gasteiger partial charge < -0.3 is 15.2 Å². The highest BCUT2D eigenvalue weighted by Crippen LogP contribution is 2.12. The Morgan fingerprint density at radius 1 is 1.12 bits per heavy atom. The molecule has 2 aromatic heterocycles. The number of rotatable bonds is 5. The van der Waals surface area contributed by atoms with E-state index in [0.29, 0.717) is 6.54 Å². The molecule has 7 heteroatoms. The van der Waals surface area contributed by atoms with E-state index in [1.165, 1.54) is 0 Å². The number of hydrogen-bond acceptors (Lipinski definition) is 4. The number of aryl methyl sites for hydroxylation is 2. The monoisotopic (exact) mass is 465 g/mol. The average Bonchev–Trinajstić information content (AvgIpc) is 2.96. The molecule has 2 N–H and O–H groups in total. The molecule has 0 unspecified atom stereocenters. The lowest BCUT2D eigenvalue weighted by Crippen LogP contribution is -2.38. The molecule has 138 valence electrons. The second-order valence-electron chi connectivity index (χ2n) is 5.90. The molecule has 0 saturated heterocycles. The van der Waals surface area contributed by atoms with Crippen LogP contribution in [0.5, 0.6) is 0 Å². The Bertz CT molecular complexity index is 871. The SMILES string of the molecule is CN=C(NCCc1ccc2ccccc2n1)NCc1c(C)noc1C.I. The number of para-hydroxylation sites is 1. The Hall–Kier alpha value is -2.16. The zero-order chi connectivity index (χ0) is 17.6. The first kappa shape index (κ1) is 20.2. The minimum Gasteiger partial charge on any atom is -0.361 e. The molecule has 0 bridgehead atoms. The van der Waals surface area contributed by atoms with Crippen LogP contribution >= 0.6 is 24.0 Å². The summed E-state index contributed by atoms with van der Waals surface area (Å²) in [7, 11) is 1.76. The molecule has 0 aliphatic carbocycles. The minimum atomic E-state index is 0. The number of hydrogen-bond donors (Lipinski definition) is 2. The summed E-state index contributed by atoms with van der Waals surface area (Å²) in [4.78, 5) is 8.94. The van der Waals surface area contributed by atoms with E-state index < -0.39 is 0 Å². The van der Waals surface area contributed by atoms with Crippen LogP contribution in [-0.2, 0) is 13.0 Å². The highest BCUT2D eigenvalue weighted by atomic mass is 127. The molecular formula is C19H24IN5O. The number of pyridine rings is 1. The van der Waals surface area contributed by atoms with Crippen molar-refractivity contribution in [3.8, 4) is 0 Å². The van der Waals surface area contributed by atoms with Gasteiger partial charge >= 0.3 is 0 Å². The third kappa shape index (κ3) is 4.94. The van der Waals surface area contributed by atoms with Gasteiger partial charge in [0.2, 0.25) is 0 Å². The number of aliphatic imine (C=N–C) groups is 1. The zero-order valence-corrected chi connectivity index (χ0v) is 17.6. The van der Waals surface area contributed by atoms with Crippen LogP contribution in [-0.4, -0.2) is 29.7 Å². The zero-order valence-electron chi connectivity index (χ0n) is 15.2. The summed E-state index contributed by atoms with van der Waals surface area (Å²) in [5.74, 6) is 1.58. The molecule has 0 amide bonds. The second kappa shape index (κ2) is 9.51. The number of guanidine groups is 1. The largest absolute Gasteiger partial charge is 0.361 e. The van der Waals surface area contributed by atoms with Crippen molar-refractivity contribution < 1.29 is 4.52 Å². The summed E-state index contributed by atoms with van der Waals surface area (Å²) in [6, 6.07) is 12.3. The maximum absolute atomic E-state index is 5.18. The van der Waals surface area contributed by atoms with Gasteiger partial charge in [0, 0.05) is 43.2 Å². The predicted octanol–water partition coefficient (Wildman–Crippen LogP) is 3.37. The fourth-order valence-corrected chi connectivity index (χ4v) is 2.70. The van der Waals surface area contributed by atoms with E-state index >= 15 is 0 Å². The minimum absolute atomic E-state index is 0. The van der Waals surface area contributed by atoms with Crippen LogP contribution in [0.2, 0.25) is 0 Å². The van der Waals surface area contributed by atoms with Gasteiger partial charge in [-0.2, -0.15) is 0 Å². The number of halogens is 1. The number of nitrogens with one attached hydrogen (secondary N) is 2. The summed E-state index contributed by atoms with van der Waals surface area (Å²) < 4.78 is 5.18. The topological polar surface area (TPSA) is 75.3 Å². The van der Waals surface area contributed by atoms with Crippen molar-refractivity contribution in [1.29, 1.82) is 0 Å². The smallest absolute Gasteiger partial charge is 0.191 e. The van der Waals surface area contributed by atoms with Gasteiger partial charge in [0.25, 0.3) is 0 Å². The normalized spacial score (nSPS) is 11.3. The third-order valence-corrected chi connectivity index (χ3v) is 4.17. The van der Waals surface area contributed by atoms with Crippen LogP contribution in [0.1, 0.15) is 22.7 Å². The van der Waals surface area contributed by atoms with Crippen LogP contribution in [0.3, 0.4) is 0 Å². The van der Waals surface area contributed by atoms with Gasteiger partial charge in [-0.3, -0.25) is 9.98 Å². The molecular weight excluding hydrogens is 441 g/mol. The highest BCUT2D eigenvalue weighted by Gasteiger charge is 2.09. The van der Waals surface area contributed by atoms with E-state index in [1.54, 1.807) is 7.05 Å². The molecule has 0 spiro atoms. The lowest BCUT2D eigenvalue weighted by Gasteiger charge is -2.11. The lowest BCUT2D eigenvalue weighted by atomic mass is 10.2. The molecule has 0 atom stereocenters. The second-order valence-corrected chi connectivity index (χ2v) is 5.90. The third-order valence-electron chi connectivity index (χ3n) is 4.17. The van der Waals surface area contributed by atoms with E-state index in [-0.39, 0.29) is 24.0 Å². The number of benzene rings is 1. The van der Waals surface area contributed by atoms with Gasteiger partial charge in [0.15, 0.2) is 5.96 Å².